The fourth-order valence-electron chi connectivity index (χ4n) is 1.19. The number of nitrogen functional groups attached to an aromatic ring is 1. The minimum atomic E-state index is -0.734. The fraction of sp³-hybridized carbons (Fsp3) is 0.400. The lowest BCUT2D eigenvalue weighted by atomic mass is 10.2. The highest BCUT2D eigenvalue weighted by Crippen LogP contribution is 2.16. The Hall–Kier alpha value is -1.18. The molecule has 1 rings (SSSR count). The van der Waals surface area contributed by atoms with Gasteiger partial charge in [-0.1, -0.05) is 0 Å². The Labute approximate surface area is 107 Å². The lowest BCUT2D eigenvalue weighted by molar-refractivity contribution is 0.0609. The van der Waals surface area contributed by atoms with E-state index < -0.39 is 6.10 Å². The van der Waals surface area contributed by atoms with Crippen molar-refractivity contribution in [3.63, 3.8) is 0 Å². The van der Waals surface area contributed by atoms with Crippen molar-refractivity contribution in [2.75, 3.05) is 26.0 Å². The summed E-state index contributed by atoms with van der Waals surface area (Å²) in [4.78, 5) is 15.6. The van der Waals surface area contributed by atoms with Crippen LogP contribution < -0.4 is 11.1 Å². The topological polar surface area (TPSA) is 97.5 Å². The van der Waals surface area contributed by atoms with Crippen molar-refractivity contribution >= 4 is 27.7 Å². The van der Waals surface area contributed by atoms with Gasteiger partial charge in [0, 0.05) is 24.3 Å². The summed E-state index contributed by atoms with van der Waals surface area (Å²) in [5, 5.41) is 11.9. The number of aliphatic hydroxyl groups is 1. The van der Waals surface area contributed by atoms with Crippen molar-refractivity contribution in [3.05, 3.63) is 22.3 Å². The van der Waals surface area contributed by atoms with Crippen molar-refractivity contribution in [2.45, 2.75) is 6.10 Å². The van der Waals surface area contributed by atoms with E-state index in [4.69, 9.17) is 10.5 Å². The second-order valence-electron chi connectivity index (χ2n) is 3.41. The normalized spacial score (nSPS) is 12.2. The Morgan fingerprint density at radius 2 is 2.47 bits per heavy atom. The molecule has 1 aromatic heterocycles. The first-order valence-electron chi connectivity index (χ1n) is 4.90. The number of aromatic nitrogens is 1. The van der Waals surface area contributed by atoms with E-state index in [9.17, 15) is 9.90 Å². The number of hydrogen-bond donors (Lipinski definition) is 3. The van der Waals surface area contributed by atoms with Gasteiger partial charge in [-0.2, -0.15) is 0 Å². The zero-order chi connectivity index (χ0) is 12.8. The zero-order valence-corrected chi connectivity index (χ0v) is 10.9. The van der Waals surface area contributed by atoms with Gasteiger partial charge < -0.3 is 20.9 Å². The Balaban J connectivity index is 2.61. The number of ether oxygens (including phenoxy) is 1. The summed E-state index contributed by atoms with van der Waals surface area (Å²) < 4.78 is 5.29. The number of nitrogens with zero attached hydrogens (tertiary/aromatic N) is 1. The number of aliphatic hydroxyl groups excluding tert-OH is 1. The van der Waals surface area contributed by atoms with Crippen LogP contribution in [-0.4, -0.2) is 42.4 Å². The predicted molar refractivity (Wildman–Crippen MR) is 66.6 cm³/mol. The first kappa shape index (κ1) is 13.9. The van der Waals surface area contributed by atoms with E-state index >= 15 is 0 Å². The Morgan fingerprint density at radius 1 is 1.76 bits per heavy atom. The molecular weight excluding hydrogens is 290 g/mol. The van der Waals surface area contributed by atoms with E-state index in [1.54, 1.807) is 0 Å². The maximum Gasteiger partial charge on any atom is 0.252 e. The molecule has 7 heteroatoms. The average molecular weight is 304 g/mol. The number of methoxy groups -OCH3 is 1. The average Bonchev–Trinajstić information content (AvgIpc) is 2.29. The van der Waals surface area contributed by atoms with Crippen LogP contribution in [0.1, 0.15) is 10.4 Å². The Kier molecular flexibility index (Phi) is 5.33. The number of anilines is 1. The number of halogens is 1. The molecule has 0 aliphatic rings. The lowest BCUT2D eigenvalue weighted by Gasteiger charge is -2.11. The molecule has 1 heterocycles. The molecule has 1 amide bonds. The number of rotatable bonds is 5. The summed E-state index contributed by atoms with van der Waals surface area (Å²) in [7, 11) is 1.48. The smallest absolute Gasteiger partial charge is 0.252 e. The molecule has 0 aliphatic carbocycles. The molecule has 1 aromatic rings. The molecule has 1 unspecified atom stereocenters. The van der Waals surface area contributed by atoms with E-state index in [-0.39, 0.29) is 24.9 Å². The van der Waals surface area contributed by atoms with Crippen LogP contribution in [-0.2, 0) is 4.74 Å². The fourth-order valence-corrected chi connectivity index (χ4v) is 1.58. The van der Waals surface area contributed by atoms with Crippen LogP contribution in [0, 0.1) is 0 Å². The standard InChI is InChI=1S/C10H14BrN3O3/c1-17-5-6(15)3-14-10(16)7-2-9(12)13-4-8(7)11/h2,4,6,15H,3,5H2,1H3,(H2,12,13)(H,14,16). The molecule has 4 N–H and O–H groups in total. The van der Waals surface area contributed by atoms with Gasteiger partial charge in [-0.3, -0.25) is 4.79 Å². The van der Waals surface area contributed by atoms with E-state index in [1.165, 1.54) is 19.4 Å². The molecule has 0 bridgehead atoms. The maximum absolute atomic E-state index is 11.8. The summed E-state index contributed by atoms with van der Waals surface area (Å²) in [5.41, 5.74) is 5.86. The van der Waals surface area contributed by atoms with Crippen LogP contribution in [0.4, 0.5) is 5.82 Å². The number of amides is 1. The third-order valence-electron chi connectivity index (χ3n) is 1.98. The van der Waals surface area contributed by atoms with Gasteiger partial charge in [0.05, 0.1) is 18.3 Å². The Morgan fingerprint density at radius 3 is 3.12 bits per heavy atom. The lowest BCUT2D eigenvalue weighted by Crippen LogP contribution is -2.34. The number of nitrogens with two attached hydrogens (primary N) is 1. The molecule has 17 heavy (non-hydrogen) atoms. The molecule has 94 valence electrons. The van der Waals surface area contributed by atoms with Crippen LogP contribution in [0.25, 0.3) is 0 Å². The molecule has 0 saturated heterocycles. The van der Waals surface area contributed by atoms with Crippen LogP contribution in [0.5, 0.6) is 0 Å². The van der Waals surface area contributed by atoms with Crippen molar-refractivity contribution in [2.24, 2.45) is 0 Å². The highest BCUT2D eigenvalue weighted by Gasteiger charge is 2.12. The summed E-state index contributed by atoms with van der Waals surface area (Å²) >= 11 is 3.20. The van der Waals surface area contributed by atoms with Crippen LogP contribution in [0.2, 0.25) is 0 Å². The van der Waals surface area contributed by atoms with Crippen LogP contribution >= 0.6 is 15.9 Å². The maximum atomic E-state index is 11.8. The second-order valence-corrected chi connectivity index (χ2v) is 4.26. The molecule has 6 nitrogen and oxygen atoms in total. The number of carbonyl (C=O) groups is 1. The van der Waals surface area contributed by atoms with Crippen molar-refractivity contribution < 1.29 is 14.6 Å². The minimum absolute atomic E-state index is 0.112. The van der Waals surface area contributed by atoms with Crippen LogP contribution in [0.3, 0.4) is 0 Å². The van der Waals surface area contributed by atoms with Gasteiger partial charge in [-0.25, -0.2) is 4.98 Å². The monoisotopic (exact) mass is 303 g/mol. The summed E-state index contributed by atoms with van der Waals surface area (Å²) in [6, 6.07) is 1.46. The second kappa shape index (κ2) is 6.53. The molecule has 0 aromatic carbocycles. The van der Waals surface area contributed by atoms with E-state index in [2.05, 4.69) is 26.2 Å². The molecule has 0 radical (unpaired) electrons. The van der Waals surface area contributed by atoms with E-state index in [0.29, 0.717) is 10.0 Å². The molecule has 0 spiro atoms. The molecule has 1 atom stereocenters. The van der Waals surface area contributed by atoms with Gasteiger partial charge in [-0.15, -0.1) is 0 Å². The van der Waals surface area contributed by atoms with Gasteiger partial charge in [0.25, 0.3) is 5.91 Å². The Bertz CT molecular complexity index is 400. The van der Waals surface area contributed by atoms with Crippen molar-refractivity contribution in [3.8, 4) is 0 Å². The SMILES string of the molecule is COCC(O)CNC(=O)c1cc(N)ncc1Br. The number of pyridine rings is 1. The van der Waals surface area contributed by atoms with Crippen LogP contribution in [0.15, 0.2) is 16.7 Å². The van der Waals surface area contributed by atoms with Gasteiger partial charge in [0.1, 0.15) is 5.82 Å². The van der Waals surface area contributed by atoms with E-state index in [0.717, 1.165) is 0 Å². The molecule has 0 fully saturated rings. The number of hydrogen-bond acceptors (Lipinski definition) is 5. The molecule has 0 saturated carbocycles. The number of carbonyl (C=O) groups excluding carboxylic acids is 1. The van der Waals surface area contributed by atoms with Crippen molar-refractivity contribution in [1.29, 1.82) is 0 Å². The predicted octanol–water partition coefficient (Wildman–Crippen LogP) is 0.163. The third kappa shape index (κ3) is 4.29. The highest BCUT2D eigenvalue weighted by molar-refractivity contribution is 9.10. The first-order valence-corrected chi connectivity index (χ1v) is 5.70. The number of nitrogens with one attached hydrogen (secondary N) is 1. The summed E-state index contributed by atoms with van der Waals surface area (Å²) in [6.07, 6.45) is 0.720. The first-order chi connectivity index (χ1) is 8.04. The van der Waals surface area contributed by atoms with Gasteiger partial charge >= 0.3 is 0 Å². The van der Waals surface area contributed by atoms with Gasteiger partial charge in [-0.05, 0) is 22.0 Å². The molecular formula is C10H14BrN3O3. The van der Waals surface area contributed by atoms with Crippen molar-refractivity contribution in [1.82, 2.24) is 10.3 Å². The van der Waals surface area contributed by atoms with E-state index in [1.807, 2.05) is 0 Å². The van der Waals surface area contributed by atoms with Gasteiger partial charge in [0.2, 0.25) is 0 Å². The quantitative estimate of drug-likeness (QED) is 0.720. The minimum Gasteiger partial charge on any atom is -0.389 e. The zero-order valence-electron chi connectivity index (χ0n) is 9.31. The molecule has 0 aliphatic heterocycles. The largest absolute Gasteiger partial charge is 0.389 e. The third-order valence-corrected chi connectivity index (χ3v) is 2.61. The highest BCUT2D eigenvalue weighted by atomic mass is 79.9. The van der Waals surface area contributed by atoms with Gasteiger partial charge in [0.15, 0.2) is 0 Å². The summed E-state index contributed by atoms with van der Waals surface area (Å²) in [6.45, 7) is 0.279. The summed E-state index contributed by atoms with van der Waals surface area (Å²) in [5.74, 6) is -0.0723.